The molecule has 194 valence electrons. The summed E-state index contributed by atoms with van der Waals surface area (Å²) in [4.78, 5) is 29.0. The monoisotopic (exact) mass is 520 g/mol. The highest BCUT2D eigenvalue weighted by Crippen LogP contribution is 2.33. The van der Waals surface area contributed by atoms with Crippen molar-refractivity contribution in [1.29, 1.82) is 0 Å². The molecule has 0 unspecified atom stereocenters. The van der Waals surface area contributed by atoms with E-state index >= 15 is 0 Å². The van der Waals surface area contributed by atoms with Crippen molar-refractivity contribution in [2.45, 2.75) is 58.2 Å². The maximum atomic E-state index is 13.8. The highest BCUT2D eigenvalue weighted by Gasteiger charge is 2.31. The maximum Gasteiger partial charge on any atom is 0.243 e. The number of benzene rings is 3. The Morgan fingerprint density at radius 3 is 2.46 bits per heavy atom. The van der Waals surface area contributed by atoms with Crippen molar-refractivity contribution in [2.24, 2.45) is 0 Å². The van der Waals surface area contributed by atoms with Gasteiger partial charge in [0.25, 0.3) is 0 Å². The van der Waals surface area contributed by atoms with Crippen LogP contribution in [0.4, 0.5) is 0 Å². The molecule has 7 heteroatoms. The van der Waals surface area contributed by atoms with Crippen LogP contribution in [0, 0.1) is 0 Å². The van der Waals surface area contributed by atoms with Crippen molar-refractivity contribution in [3.63, 3.8) is 0 Å². The van der Waals surface area contributed by atoms with Gasteiger partial charge in [0.05, 0.1) is 0 Å². The molecule has 3 aromatic rings. The van der Waals surface area contributed by atoms with Gasteiger partial charge in [0.15, 0.2) is 11.5 Å². The molecule has 0 saturated carbocycles. The Morgan fingerprint density at radius 2 is 1.70 bits per heavy atom. The van der Waals surface area contributed by atoms with Gasteiger partial charge in [-0.15, -0.1) is 0 Å². The Morgan fingerprint density at radius 1 is 0.946 bits per heavy atom. The van der Waals surface area contributed by atoms with Gasteiger partial charge in [-0.25, -0.2) is 0 Å². The number of halogens is 1. The zero-order chi connectivity index (χ0) is 26.2. The summed E-state index contributed by atoms with van der Waals surface area (Å²) in [7, 11) is 0. The van der Waals surface area contributed by atoms with E-state index in [1.54, 1.807) is 11.0 Å². The smallest absolute Gasteiger partial charge is 0.243 e. The first kappa shape index (κ1) is 26.6. The number of rotatable bonds is 11. The molecule has 3 aromatic carbocycles. The van der Waals surface area contributed by atoms with E-state index in [4.69, 9.17) is 21.1 Å². The number of hydrogen-bond donors (Lipinski definition) is 1. The van der Waals surface area contributed by atoms with Crippen LogP contribution in [0.1, 0.15) is 43.4 Å². The lowest BCUT2D eigenvalue weighted by Gasteiger charge is -2.32. The minimum Gasteiger partial charge on any atom is -0.454 e. The van der Waals surface area contributed by atoms with Crippen LogP contribution < -0.4 is 14.8 Å². The lowest BCUT2D eigenvalue weighted by atomic mass is 10.0. The molecule has 4 rings (SSSR count). The molecule has 0 fully saturated rings. The molecule has 1 heterocycles. The quantitative estimate of drug-likeness (QED) is 0.359. The fourth-order valence-electron chi connectivity index (χ4n) is 4.32. The predicted octanol–water partition coefficient (Wildman–Crippen LogP) is 5.56. The summed E-state index contributed by atoms with van der Waals surface area (Å²) in [6.45, 7) is 4.49. The molecule has 0 bridgehead atoms. The van der Waals surface area contributed by atoms with Crippen molar-refractivity contribution in [3.8, 4) is 11.5 Å². The number of carbonyl (C=O) groups excluding carboxylic acids is 2. The predicted molar refractivity (Wildman–Crippen MR) is 145 cm³/mol. The zero-order valence-electron chi connectivity index (χ0n) is 21.3. The van der Waals surface area contributed by atoms with Crippen LogP contribution in [0.2, 0.25) is 5.02 Å². The van der Waals surface area contributed by atoms with E-state index in [0.717, 1.165) is 23.1 Å². The van der Waals surface area contributed by atoms with Gasteiger partial charge in [-0.05, 0) is 60.7 Å². The molecule has 0 aliphatic carbocycles. The summed E-state index contributed by atoms with van der Waals surface area (Å²) in [6, 6.07) is 22.3. The minimum atomic E-state index is -0.667. The molecule has 0 aromatic heterocycles. The Balaban J connectivity index is 1.60. The molecule has 6 nitrogen and oxygen atoms in total. The fourth-order valence-corrected chi connectivity index (χ4v) is 4.53. The maximum absolute atomic E-state index is 13.8. The second-order valence-electron chi connectivity index (χ2n) is 9.36. The molecule has 37 heavy (non-hydrogen) atoms. The molecule has 1 N–H and O–H groups in total. The third kappa shape index (κ3) is 7.26. The molecular formula is C30H33ClN2O4. The van der Waals surface area contributed by atoms with Crippen molar-refractivity contribution < 1.29 is 19.1 Å². The summed E-state index contributed by atoms with van der Waals surface area (Å²) in [5, 5.41) is 3.69. The van der Waals surface area contributed by atoms with E-state index in [-0.39, 0.29) is 37.6 Å². The third-order valence-corrected chi connectivity index (χ3v) is 6.81. The Kier molecular flexibility index (Phi) is 9.07. The lowest BCUT2D eigenvalue weighted by Crippen LogP contribution is -2.52. The SMILES string of the molecule is CC[C@H](C)NC(=O)[C@H](Cc1ccccc1)N(Cc1cccc(Cl)c1)C(=O)CCc1ccc2c(c1)OCO2. The highest BCUT2D eigenvalue weighted by molar-refractivity contribution is 6.30. The van der Waals surface area contributed by atoms with E-state index in [9.17, 15) is 9.59 Å². The van der Waals surface area contributed by atoms with Gasteiger partial charge in [0, 0.05) is 30.5 Å². The van der Waals surface area contributed by atoms with Gasteiger partial charge < -0.3 is 19.7 Å². The number of fused-ring (bicyclic) bond motifs is 1. The standard InChI is InChI=1S/C30H33ClN2O4/c1-3-21(2)32-30(35)26(17-22-8-5-4-6-9-22)33(19-24-10-7-11-25(31)16-24)29(34)15-13-23-12-14-27-28(18-23)37-20-36-27/h4-12,14,16,18,21,26H,3,13,15,17,19-20H2,1-2H3,(H,32,35)/t21-,26-/m0/s1. The Hall–Kier alpha value is -3.51. The van der Waals surface area contributed by atoms with Crippen molar-refractivity contribution >= 4 is 23.4 Å². The van der Waals surface area contributed by atoms with Gasteiger partial charge in [-0.2, -0.15) is 0 Å². The zero-order valence-corrected chi connectivity index (χ0v) is 22.0. The van der Waals surface area contributed by atoms with Crippen LogP contribution in [0.15, 0.2) is 72.8 Å². The van der Waals surface area contributed by atoms with Crippen LogP contribution in [0.5, 0.6) is 11.5 Å². The lowest BCUT2D eigenvalue weighted by molar-refractivity contribution is -0.141. The largest absolute Gasteiger partial charge is 0.454 e. The second-order valence-corrected chi connectivity index (χ2v) is 9.80. The molecule has 0 radical (unpaired) electrons. The van der Waals surface area contributed by atoms with Crippen LogP contribution in [0.3, 0.4) is 0 Å². The van der Waals surface area contributed by atoms with Crippen LogP contribution >= 0.6 is 11.6 Å². The third-order valence-electron chi connectivity index (χ3n) is 6.58. The number of ether oxygens (including phenoxy) is 2. The first-order valence-electron chi connectivity index (χ1n) is 12.7. The average molecular weight is 521 g/mol. The van der Waals surface area contributed by atoms with Gasteiger partial charge >= 0.3 is 0 Å². The second kappa shape index (κ2) is 12.6. The Bertz CT molecular complexity index is 1220. The molecule has 2 atom stereocenters. The summed E-state index contributed by atoms with van der Waals surface area (Å²) in [5.74, 6) is 1.15. The van der Waals surface area contributed by atoms with Crippen molar-refractivity contribution in [2.75, 3.05) is 6.79 Å². The summed E-state index contributed by atoms with van der Waals surface area (Å²) < 4.78 is 10.9. The Labute approximate surface area is 223 Å². The molecule has 1 aliphatic heterocycles. The summed E-state index contributed by atoms with van der Waals surface area (Å²) >= 11 is 6.25. The average Bonchev–Trinajstić information content (AvgIpc) is 3.38. The van der Waals surface area contributed by atoms with E-state index < -0.39 is 6.04 Å². The normalized spacial score (nSPS) is 13.6. The van der Waals surface area contributed by atoms with Crippen LogP contribution in [-0.2, 0) is 29.0 Å². The number of carbonyl (C=O) groups is 2. The van der Waals surface area contributed by atoms with Crippen molar-refractivity contribution in [1.82, 2.24) is 10.2 Å². The van der Waals surface area contributed by atoms with Crippen molar-refractivity contribution in [3.05, 3.63) is 94.5 Å². The van der Waals surface area contributed by atoms with E-state index in [1.165, 1.54) is 0 Å². The van der Waals surface area contributed by atoms with Crippen LogP contribution in [0.25, 0.3) is 0 Å². The first-order chi connectivity index (χ1) is 17.9. The first-order valence-corrected chi connectivity index (χ1v) is 13.1. The van der Waals surface area contributed by atoms with Gasteiger partial charge in [0.1, 0.15) is 6.04 Å². The number of hydrogen-bond acceptors (Lipinski definition) is 4. The van der Waals surface area contributed by atoms with E-state index in [0.29, 0.717) is 29.4 Å². The number of amides is 2. The molecule has 1 aliphatic rings. The summed E-state index contributed by atoms with van der Waals surface area (Å²) in [5.41, 5.74) is 2.84. The number of aryl methyl sites for hydroxylation is 1. The molecule has 2 amide bonds. The van der Waals surface area contributed by atoms with E-state index in [1.807, 2.05) is 80.6 Å². The fraction of sp³-hybridized carbons (Fsp3) is 0.333. The van der Waals surface area contributed by atoms with Gasteiger partial charge in [0.2, 0.25) is 18.6 Å². The van der Waals surface area contributed by atoms with Gasteiger partial charge in [-0.1, -0.05) is 67.1 Å². The molecular weight excluding hydrogens is 488 g/mol. The minimum absolute atomic E-state index is 0.00234. The molecule has 0 spiro atoms. The molecule has 0 saturated heterocycles. The number of nitrogens with zero attached hydrogens (tertiary/aromatic N) is 1. The van der Waals surface area contributed by atoms with Gasteiger partial charge in [-0.3, -0.25) is 9.59 Å². The summed E-state index contributed by atoms with van der Waals surface area (Å²) in [6.07, 6.45) is 1.99. The van der Waals surface area contributed by atoms with Crippen LogP contribution in [-0.4, -0.2) is 35.6 Å². The highest BCUT2D eigenvalue weighted by atomic mass is 35.5. The number of nitrogens with one attached hydrogen (secondary N) is 1. The topological polar surface area (TPSA) is 67.9 Å². The van der Waals surface area contributed by atoms with E-state index in [2.05, 4.69) is 5.32 Å².